The van der Waals surface area contributed by atoms with Crippen molar-refractivity contribution >= 4 is 22.7 Å². The van der Waals surface area contributed by atoms with E-state index in [1.165, 1.54) is 11.3 Å². The van der Waals surface area contributed by atoms with Crippen LogP contribution in [0.1, 0.15) is 5.01 Å². The molecule has 2 aromatic heterocycles. The zero-order valence-electron chi connectivity index (χ0n) is 6.14. The number of thiazole rings is 2. The Hall–Kier alpha value is -0.940. The molecule has 5 heteroatoms. The van der Waals surface area contributed by atoms with Gasteiger partial charge >= 0.3 is 4.87 Å². The molecule has 0 aliphatic heterocycles. The van der Waals surface area contributed by atoms with Crippen molar-refractivity contribution in [2.45, 2.75) is 6.54 Å². The highest BCUT2D eigenvalue weighted by molar-refractivity contribution is 7.09. The molecular weight excluding hydrogens is 192 g/mol. The summed E-state index contributed by atoms with van der Waals surface area (Å²) in [6.45, 7) is 0.597. The van der Waals surface area contributed by atoms with Crippen LogP contribution in [0.15, 0.2) is 27.9 Å². The number of hydrogen-bond acceptors (Lipinski definition) is 4. The van der Waals surface area contributed by atoms with Crippen molar-refractivity contribution < 1.29 is 0 Å². The Kier molecular flexibility index (Phi) is 2.05. The zero-order chi connectivity index (χ0) is 8.39. The maximum Gasteiger partial charge on any atom is 0.307 e. The highest BCUT2D eigenvalue weighted by Crippen LogP contribution is 2.05. The third-order valence-corrected chi connectivity index (χ3v) is 2.89. The molecule has 0 aromatic carbocycles. The van der Waals surface area contributed by atoms with E-state index < -0.39 is 0 Å². The molecule has 0 unspecified atom stereocenters. The molecule has 62 valence electrons. The van der Waals surface area contributed by atoms with E-state index in [1.54, 1.807) is 33.7 Å². The zero-order valence-corrected chi connectivity index (χ0v) is 7.77. The van der Waals surface area contributed by atoms with E-state index >= 15 is 0 Å². The fraction of sp³-hybridized carbons (Fsp3) is 0.143. The van der Waals surface area contributed by atoms with Crippen molar-refractivity contribution in [3.8, 4) is 0 Å². The lowest BCUT2D eigenvalue weighted by Gasteiger charge is -1.94. The Morgan fingerprint density at radius 2 is 2.33 bits per heavy atom. The van der Waals surface area contributed by atoms with Crippen molar-refractivity contribution in [2.24, 2.45) is 0 Å². The standard InChI is InChI=1S/C7H6N2OS2/c10-7-9(2-4-12-7)5-6-8-1-3-11-6/h1-4H,5H2. The number of aromatic nitrogens is 2. The summed E-state index contributed by atoms with van der Waals surface area (Å²) in [6, 6.07) is 0. The molecule has 2 heterocycles. The average Bonchev–Trinajstić information content (AvgIpc) is 2.65. The summed E-state index contributed by atoms with van der Waals surface area (Å²) in [5.41, 5.74) is 0. The molecule has 3 nitrogen and oxygen atoms in total. The third-order valence-electron chi connectivity index (χ3n) is 1.43. The first kappa shape index (κ1) is 7.70. The van der Waals surface area contributed by atoms with Crippen molar-refractivity contribution in [2.75, 3.05) is 0 Å². The van der Waals surface area contributed by atoms with Gasteiger partial charge in [0.1, 0.15) is 5.01 Å². The normalized spacial score (nSPS) is 10.3. The maximum atomic E-state index is 11.1. The lowest BCUT2D eigenvalue weighted by Crippen LogP contribution is -2.12. The summed E-state index contributed by atoms with van der Waals surface area (Å²) in [4.78, 5) is 15.3. The topological polar surface area (TPSA) is 34.9 Å². The minimum atomic E-state index is 0.0743. The Balaban J connectivity index is 2.25. The number of nitrogens with zero attached hydrogens (tertiary/aromatic N) is 2. The van der Waals surface area contributed by atoms with Gasteiger partial charge in [0, 0.05) is 23.2 Å². The predicted octanol–water partition coefficient (Wildman–Crippen LogP) is 1.41. The van der Waals surface area contributed by atoms with Gasteiger partial charge < -0.3 is 0 Å². The molecule has 0 N–H and O–H groups in total. The first-order valence-corrected chi connectivity index (χ1v) is 5.14. The summed E-state index contributed by atoms with van der Waals surface area (Å²) < 4.78 is 1.66. The average molecular weight is 198 g/mol. The van der Waals surface area contributed by atoms with Crippen molar-refractivity contribution in [1.82, 2.24) is 9.55 Å². The van der Waals surface area contributed by atoms with Crippen molar-refractivity contribution in [3.63, 3.8) is 0 Å². The van der Waals surface area contributed by atoms with Gasteiger partial charge in [-0.15, -0.1) is 11.3 Å². The van der Waals surface area contributed by atoms with E-state index in [4.69, 9.17) is 0 Å². The lowest BCUT2D eigenvalue weighted by atomic mass is 10.6. The van der Waals surface area contributed by atoms with Crippen LogP contribution in [0.5, 0.6) is 0 Å². The van der Waals surface area contributed by atoms with Gasteiger partial charge in [0.2, 0.25) is 0 Å². The molecule has 2 rings (SSSR count). The van der Waals surface area contributed by atoms with Crippen molar-refractivity contribution in [1.29, 1.82) is 0 Å². The molecule has 0 spiro atoms. The number of hydrogen-bond donors (Lipinski definition) is 0. The first-order valence-electron chi connectivity index (χ1n) is 3.38. The fourth-order valence-electron chi connectivity index (χ4n) is 0.885. The van der Waals surface area contributed by atoms with Gasteiger partial charge in [0.25, 0.3) is 0 Å². The summed E-state index contributed by atoms with van der Waals surface area (Å²) in [5.74, 6) is 0. The third kappa shape index (κ3) is 1.46. The molecule has 0 aliphatic rings. The Morgan fingerprint density at radius 1 is 1.42 bits per heavy atom. The fourth-order valence-corrected chi connectivity index (χ4v) is 2.08. The predicted molar refractivity (Wildman–Crippen MR) is 49.8 cm³/mol. The lowest BCUT2D eigenvalue weighted by molar-refractivity contribution is 0.777. The molecule has 0 saturated carbocycles. The quantitative estimate of drug-likeness (QED) is 0.731. The van der Waals surface area contributed by atoms with E-state index in [1.807, 2.05) is 5.38 Å². The molecule has 0 radical (unpaired) electrons. The second kappa shape index (κ2) is 3.20. The second-order valence-electron chi connectivity index (χ2n) is 2.22. The molecule has 0 amide bonds. The largest absolute Gasteiger partial charge is 0.307 e. The van der Waals surface area contributed by atoms with Crippen LogP contribution in [0.4, 0.5) is 0 Å². The van der Waals surface area contributed by atoms with Gasteiger partial charge in [-0.3, -0.25) is 9.36 Å². The van der Waals surface area contributed by atoms with Crippen LogP contribution in [-0.4, -0.2) is 9.55 Å². The first-order chi connectivity index (χ1) is 5.86. The Bertz CT molecular complexity index is 401. The van der Waals surface area contributed by atoms with Gasteiger partial charge in [-0.1, -0.05) is 11.3 Å². The van der Waals surface area contributed by atoms with Gasteiger partial charge in [0.05, 0.1) is 6.54 Å². The monoisotopic (exact) mass is 198 g/mol. The summed E-state index contributed by atoms with van der Waals surface area (Å²) in [6.07, 6.45) is 3.53. The van der Waals surface area contributed by atoms with Crippen LogP contribution in [0.3, 0.4) is 0 Å². The SMILES string of the molecule is O=c1sccn1Cc1nccs1. The van der Waals surface area contributed by atoms with E-state index in [9.17, 15) is 4.79 Å². The Morgan fingerprint density at radius 3 is 2.92 bits per heavy atom. The van der Waals surface area contributed by atoms with Crippen LogP contribution >= 0.6 is 22.7 Å². The Labute approximate surface area is 76.9 Å². The second-order valence-corrected chi connectivity index (χ2v) is 4.06. The van der Waals surface area contributed by atoms with Gasteiger partial charge in [-0.25, -0.2) is 4.98 Å². The van der Waals surface area contributed by atoms with Gasteiger partial charge in [-0.2, -0.15) is 0 Å². The summed E-state index contributed by atoms with van der Waals surface area (Å²) in [5, 5.41) is 4.67. The molecule has 2 aromatic rings. The van der Waals surface area contributed by atoms with Crippen LogP contribution in [0.25, 0.3) is 0 Å². The van der Waals surface area contributed by atoms with Crippen LogP contribution in [-0.2, 0) is 6.54 Å². The highest BCUT2D eigenvalue weighted by Gasteiger charge is 1.99. The minimum Gasteiger partial charge on any atom is -0.299 e. The van der Waals surface area contributed by atoms with E-state index in [0.717, 1.165) is 5.01 Å². The molecule has 0 saturated heterocycles. The summed E-state index contributed by atoms with van der Waals surface area (Å²) in [7, 11) is 0. The van der Waals surface area contributed by atoms with E-state index in [2.05, 4.69) is 4.98 Å². The smallest absolute Gasteiger partial charge is 0.299 e. The molecule has 0 fully saturated rings. The summed E-state index contributed by atoms with van der Waals surface area (Å²) >= 11 is 2.77. The van der Waals surface area contributed by atoms with Gasteiger partial charge in [0.15, 0.2) is 0 Å². The van der Waals surface area contributed by atoms with E-state index in [0.29, 0.717) is 6.54 Å². The molecular formula is C7H6N2OS2. The molecule has 12 heavy (non-hydrogen) atoms. The molecule has 0 bridgehead atoms. The molecule has 0 aliphatic carbocycles. The maximum absolute atomic E-state index is 11.1. The minimum absolute atomic E-state index is 0.0743. The van der Waals surface area contributed by atoms with Crippen LogP contribution in [0.2, 0.25) is 0 Å². The van der Waals surface area contributed by atoms with Crippen molar-refractivity contribution in [3.05, 3.63) is 37.8 Å². The number of rotatable bonds is 2. The molecule has 0 atom stereocenters. The van der Waals surface area contributed by atoms with Crippen LogP contribution < -0.4 is 4.87 Å². The highest BCUT2D eigenvalue weighted by atomic mass is 32.1. The van der Waals surface area contributed by atoms with Crippen LogP contribution in [0, 0.1) is 0 Å². The van der Waals surface area contributed by atoms with Gasteiger partial charge in [-0.05, 0) is 0 Å². The van der Waals surface area contributed by atoms with E-state index in [-0.39, 0.29) is 4.87 Å².